The lowest BCUT2D eigenvalue weighted by atomic mass is 10.1. The number of fused-ring (bicyclic) bond motifs is 5. The van der Waals surface area contributed by atoms with Gasteiger partial charge in [-0.2, -0.15) is 5.26 Å². The average Bonchev–Trinajstić information content (AvgIpc) is 2.74. The normalized spacial score (nSPS) is 12.5. The predicted octanol–water partition coefficient (Wildman–Crippen LogP) is 5.44. The summed E-state index contributed by atoms with van der Waals surface area (Å²) < 4.78 is 20.6. The third-order valence-electron chi connectivity index (χ3n) is 4.78. The van der Waals surface area contributed by atoms with Crippen molar-refractivity contribution in [3.8, 4) is 23.1 Å². The van der Waals surface area contributed by atoms with Crippen LogP contribution >= 0.6 is 11.6 Å². The second-order valence-corrected chi connectivity index (χ2v) is 7.11. The van der Waals surface area contributed by atoms with Gasteiger partial charge >= 0.3 is 0 Å². The molecule has 3 aromatic rings. The molecule has 4 rings (SSSR count). The number of rotatable bonds is 2. The van der Waals surface area contributed by atoms with Crippen molar-refractivity contribution in [3.63, 3.8) is 0 Å². The summed E-state index contributed by atoms with van der Waals surface area (Å²) >= 11 is 6.38. The van der Waals surface area contributed by atoms with E-state index in [-0.39, 0.29) is 21.8 Å². The fraction of sp³-hybridized carbons (Fsp3) is 0.227. The minimum absolute atomic E-state index is 0.182. The Balaban J connectivity index is 1.97. The quantitative estimate of drug-likeness (QED) is 0.611. The fourth-order valence-electron chi connectivity index (χ4n) is 3.43. The van der Waals surface area contributed by atoms with E-state index >= 15 is 0 Å². The first-order chi connectivity index (χ1) is 14.1. The monoisotopic (exact) mass is 408 g/mol. The first-order valence-electron chi connectivity index (χ1n) is 9.38. The van der Waals surface area contributed by atoms with Crippen molar-refractivity contribution in [3.05, 3.63) is 64.2 Å². The van der Waals surface area contributed by atoms with Gasteiger partial charge in [0.25, 0.3) is 0 Å². The number of nitriles is 1. The van der Waals surface area contributed by atoms with E-state index in [1.54, 1.807) is 18.3 Å². The van der Waals surface area contributed by atoms with Crippen molar-refractivity contribution >= 4 is 23.1 Å². The summed E-state index contributed by atoms with van der Waals surface area (Å²) in [6.45, 7) is 2.42. The lowest BCUT2D eigenvalue weighted by Gasteiger charge is -2.16. The van der Waals surface area contributed by atoms with Gasteiger partial charge in [0.1, 0.15) is 23.5 Å². The molecule has 0 unspecified atom stereocenters. The standard InChI is InChI=1S/C22H18ClFN4O/c1-2-4-17-20-13(7-9-26-17)8-10-29-18-6-3-5-16(24)19(18)21-15(23)11-14(12-25)22(27-20)28-21/h3,5-7,9,11H,2,4,8,10H2,1H3,(H,27,28). The van der Waals surface area contributed by atoms with Crippen molar-refractivity contribution < 1.29 is 9.13 Å². The molecule has 1 aromatic carbocycles. The lowest BCUT2D eigenvalue weighted by molar-refractivity contribution is 0.322. The number of pyridine rings is 2. The summed E-state index contributed by atoms with van der Waals surface area (Å²) in [5.74, 6) is 0.189. The molecule has 146 valence electrons. The molecule has 0 aliphatic carbocycles. The second-order valence-electron chi connectivity index (χ2n) is 6.70. The van der Waals surface area contributed by atoms with E-state index in [2.05, 4.69) is 28.3 Å². The molecule has 0 saturated carbocycles. The van der Waals surface area contributed by atoms with Crippen LogP contribution in [0.15, 0.2) is 36.5 Å². The van der Waals surface area contributed by atoms with Crippen molar-refractivity contribution in [2.45, 2.75) is 26.2 Å². The highest BCUT2D eigenvalue weighted by atomic mass is 35.5. The number of nitrogens with zero attached hydrogens (tertiary/aromatic N) is 3. The van der Waals surface area contributed by atoms with Crippen LogP contribution in [0.5, 0.6) is 5.75 Å². The summed E-state index contributed by atoms with van der Waals surface area (Å²) in [6, 6.07) is 10.1. The molecule has 0 amide bonds. The van der Waals surface area contributed by atoms with E-state index in [0.29, 0.717) is 24.6 Å². The number of hydrogen-bond donors (Lipinski definition) is 1. The predicted molar refractivity (Wildman–Crippen MR) is 110 cm³/mol. The van der Waals surface area contributed by atoms with E-state index in [0.717, 1.165) is 29.8 Å². The fourth-order valence-corrected chi connectivity index (χ4v) is 3.67. The number of aromatic nitrogens is 2. The van der Waals surface area contributed by atoms with E-state index in [1.165, 1.54) is 12.1 Å². The van der Waals surface area contributed by atoms with Crippen LogP contribution in [0.25, 0.3) is 11.3 Å². The van der Waals surface area contributed by atoms with Crippen LogP contribution in [0.4, 0.5) is 15.9 Å². The maximum Gasteiger partial charge on any atom is 0.149 e. The van der Waals surface area contributed by atoms with Gasteiger partial charge in [-0.3, -0.25) is 4.98 Å². The van der Waals surface area contributed by atoms with Gasteiger partial charge in [-0.25, -0.2) is 9.37 Å². The van der Waals surface area contributed by atoms with Gasteiger partial charge in [-0.1, -0.05) is 31.0 Å². The van der Waals surface area contributed by atoms with Crippen LogP contribution < -0.4 is 10.1 Å². The number of benzene rings is 1. The molecule has 2 bridgehead atoms. The highest BCUT2D eigenvalue weighted by molar-refractivity contribution is 6.33. The van der Waals surface area contributed by atoms with E-state index in [4.69, 9.17) is 16.3 Å². The highest BCUT2D eigenvalue weighted by Crippen LogP contribution is 2.39. The Morgan fingerprint density at radius 1 is 1.34 bits per heavy atom. The number of anilines is 2. The number of aryl methyl sites for hydroxylation is 1. The van der Waals surface area contributed by atoms with E-state index < -0.39 is 5.82 Å². The Hall–Kier alpha value is -3.17. The summed E-state index contributed by atoms with van der Waals surface area (Å²) in [7, 11) is 0. The first-order valence-corrected chi connectivity index (χ1v) is 9.76. The lowest BCUT2D eigenvalue weighted by Crippen LogP contribution is -2.08. The number of hydrogen-bond acceptors (Lipinski definition) is 5. The van der Waals surface area contributed by atoms with E-state index in [9.17, 15) is 9.65 Å². The Kier molecular flexibility index (Phi) is 5.32. The third-order valence-corrected chi connectivity index (χ3v) is 5.07. The van der Waals surface area contributed by atoms with Crippen molar-refractivity contribution in [1.29, 1.82) is 5.26 Å². The summed E-state index contributed by atoms with van der Waals surface area (Å²) in [4.78, 5) is 9.03. The third kappa shape index (κ3) is 3.62. The maximum absolute atomic E-state index is 14.7. The molecule has 0 atom stereocenters. The van der Waals surface area contributed by atoms with Gasteiger partial charge in [0.2, 0.25) is 0 Å². The summed E-state index contributed by atoms with van der Waals surface area (Å²) in [5, 5.41) is 13.1. The molecule has 0 saturated heterocycles. The van der Waals surface area contributed by atoms with Crippen LogP contribution in [0.3, 0.4) is 0 Å². The number of halogens is 2. The molecular formula is C22H18ClFN4O. The molecule has 2 aromatic heterocycles. The topological polar surface area (TPSA) is 70.8 Å². The van der Waals surface area contributed by atoms with Crippen LogP contribution in [-0.2, 0) is 12.8 Å². The van der Waals surface area contributed by atoms with Crippen LogP contribution in [0, 0.1) is 17.1 Å². The van der Waals surface area contributed by atoms with Crippen molar-refractivity contribution in [2.75, 3.05) is 11.9 Å². The molecule has 3 heterocycles. The second kappa shape index (κ2) is 8.06. The molecule has 1 aliphatic rings. The molecule has 0 spiro atoms. The zero-order chi connectivity index (χ0) is 20.4. The minimum atomic E-state index is -0.488. The van der Waals surface area contributed by atoms with Gasteiger partial charge in [-0.15, -0.1) is 0 Å². The van der Waals surface area contributed by atoms with Crippen molar-refractivity contribution in [2.24, 2.45) is 0 Å². The molecule has 0 fully saturated rings. The molecule has 0 radical (unpaired) electrons. The molecule has 1 N–H and O–H groups in total. The van der Waals surface area contributed by atoms with Gasteiger partial charge in [-0.05, 0) is 36.2 Å². The first kappa shape index (κ1) is 19.2. The molecule has 7 heteroatoms. The Labute approximate surface area is 173 Å². The Morgan fingerprint density at radius 3 is 3.00 bits per heavy atom. The van der Waals surface area contributed by atoms with Gasteiger partial charge < -0.3 is 10.1 Å². The van der Waals surface area contributed by atoms with E-state index in [1.807, 2.05) is 6.07 Å². The Bertz CT molecular complexity index is 1130. The summed E-state index contributed by atoms with van der Waals surface area (Å²) in [6.07, 6.45) is 4.05. The van der Waals surface area contributed by atoms with Crippen LogP contribution in [0.2, 0.25) is 5.02 Å². The zero-order valence-electron chi connectivity index (χ0n) is 15.8. The molecular weight excluding hydrogens is 391 g/mol. The van der Waals surface area contributed by atoms with Gasteiger partial charge in [0.15, 0.2) is 0 Å². The average molecular weight is 409 g/mol. The SMILES string of the molecule is CCCc1nccc2c1Nc1nc(c(Cl)cc1C#N)-c1c(F)cccc1OCC2. The number of ether oxygens (including phenoxy) is 1. The largest absolute Gasteiger partial charge is 0.492 e. The molecule has 1 aliphatic heterocycles. The van der Waals surface area contributed by atoms with Crippen molar-refractivity contribution in [1.82, 2.24) is 9.97 Å². The molecule has 29 heavy (non-hydrogen) atoms. The van der Waals surface area contributed by atoms with Gasteiger partial charge in [0.05, 0.1) is 39.8 Å². The molecule has 5 nitrogen and oxygen atoms in total. The minimum Gasteiger partial charge on any atom is -0.492 e. The van der Waals surface area contributed by atoms with Crippen LogP contribution in [0.1, 0.15) is 30.2 Å². The van der Waals surface area contributed by atoms with Crippen LogP contribution in [-0.4, -0.2) is 16.6 Å². The zero-order valence-corrected chi connectivity index (χ0v) is 16.6. The summed E-state index contributed by atoms with van der Waals surface area (Å²) in [5.41, 5.74) is 3.37. The smallest absolute Gasteiger partial charge is 0.149 e. The number of nitrogens with one attached hydrogen (secondary N) is 1. The Morgan fingerprint density at radius 2 is 2.21 bits per heavy atom. The van der Waals surface area contributed by atoms with Gasteiger partial charge in [0, 0.05) is 12.6 Å². The maximum atomic E-state index is 14.7. The highest BCUT2D eigenvalue weighted by Gasteiger charge is 2.22.